The maximum Gasteiger partial charge on any atom is 0.247 e. The van der Waals surface area contributed by atoms with Crippen molar-refractivity contribution in [3.05, 3.63) is 35.4 Å². The number of nitrogens with zero attached hydrogens (tertiary/aromatic N) is 1. The summed E-state index contributed by atoms with van der Waals surface area (Å²) in [4.78, 5) is 24.7. The number of hydrogen-bond acceptors (Lipinski definition) is 4. The van der Waals surface area contributed by atoms with E-state index in [0.29, 0.717) is 0 Å². The maximum absolute atomic E-state index is 11.9. The van der Waals surface area contributed by atoms with Crippen LogP contribution in [0.4, 0.5) is 0 Å². The van der Waals surface area contributed by atoms with Gasteiger partial charge in [0.05, 0.1) is 6.54 Å². The molecule has 0 radical (unpaired) electrons. The van der Waals surface area contributed by atoms with E-state index in [1.165, 1.54) is 6.92 Å². The topological polar surface area (TPSA) is 71.5 Å². The molecule has 19 heavy (non-hydrogen) atoms. The molecule has 1 aromatic rings. The van der Waals surface area contributed by atoms with Gasteiger partial charge in [-0.05, 0) is 19.4 Å². The molecule has 0 aliphatic carbocycles. The van der Waals surface area contributed by atoms with Crippen molar-refractivity contribution in [3.8, 4) is 0 Å². The second-order valence-electron chi connectivity index (χ2n) is 4.75. The highest BCUT2D eigenvalue weighted by molar-refractivity contribution is 7.93. The molecule has 0 aromatic heterocycles. The van der Waals surface area contributed by atoms with E-state index in [1.54, 1.807) is 0 Å². The van der Waals surface area contributed by atoms with Crippen LogP contribution >= 0.6 is 0 Å². The Labute approximate surface area is 112 Å². The first kappa shape index (κ1) is 13.7. The van der Waals surface area contributed by atoms with Gasteiger partial charge in [0.25, 0.3) is 0 Å². The average molecular weight is 281 g/mol. The third kappa shape index (κ3) is 2.68. The zero-order valence-corrected chi connectivity index (χ0v) is 11.6. The van der Waals surface area contributed by atoms with Gasteiger partial charge in [0.2, 0.25) is 11.8 Å². The van der Waals surface area contributed by atoms with Gasteiger partial charge in [0.15, 0.2) is 9.84 Å². The molecular weight excluding hydrogens is 266 g/mol. The Morgan fingerprint density at radius 1 is 1.21 bits per heavy atom. The van der Waals surface area contributed by atoms with Gasteiger partial charge in [0, 0.05) is 0 Å². The van der Waals surface area contributed by atoms with Gasteiger partial charge in [-0.3, -0.25) is 14.5 Å². The summed E-state index contributed by atoms with van der Waals surface area (Å²) >= 11 is 0. The van der Waals surface area contributed by atoms with E-state index in [0.717, 1.165) is 16.0 Å². The summed E-state index contributed by atoms with van der Waals surface area (Å²) in [7, 11) is -3.63. The number of carbonyl (C=O) groups is 2. The fraction of sp³-hybridized carbons (Fsp3) is 0.385. The van der Waals surface area contributed by atoms with Crippen LogP contribution in [-0.4, -0.2) is 36.1 Å². The lowest BCUT2D eigenvalue weighted by molar-refractivity contribution is -0.144. The van der Waals surface area contributed by atoms with Crippen molar-refractivity contribution in [3.63, 3.8) is 0 Å². The lowest BCUT2D eigenvalue weighted by Crippen LogP contribution is -2.53. The first-order valence-corrected chi connectivity index (χ1v) is 7.64. The van der Waals surface area contributed by atoms with Crippen LogP contribution in [0.2, 0.25) is 0 Å². The van der Waals surface area contributed by atoms with E-state index in [4.69, 9.17) is 0 Å². The normalized spacial score (nSPS) is 22.6. The van der Waals surface area contributed by atoms with Crippen molar-refractivity contribution in [2.45, 2.75) is 25.6 Å². The Kier molecular flexibility index (Phi) is 3.45. The van der Waals surface area contributed by atoms with Crippen LogP contribution in [0.15, 0.2) is 24.3 Å². The molecule has 2 amide bonds. The van der Waals surface area contributed by atoms with Gasteiger partial charge in [-0.2, -0.15) is 0 Å². The molecule has 5 nitrogen and oxygen atoms in total. The average Bonchev–Trinajstić information content (AvgIpc) is 2.34. The van der Waals surface area contributed by atoms with E-state index in [2.05, 4.69) is 0 Å². The summed E-state index contributed by atoms with van der Waals surface area (Å²) < 4.78 is 23.2. The van der Waals surface area contributed by atoms with E-state index in [9.17, 15) is 18.0 Å². The second-order valence-corrected chi connectivity index (χ2v) is 7.07. The molecule has 2 rings (SSSR count). The van der Waals surface area contributed by atoms with Crippen LogP contribution < -0.4 is 0 Å². The van der Waals surface area contributed by atoms with Crippen molar-refractivity contribution in [1.82, 2.24) is 4.90 Å². The lowest BCUT2D eigenvalue weighted by Gasteiger charge is -2.28. The van der Waals surface area contributed by atoms with Crippen LogP contribution in [0.5, 0.6) is 0 Å². The predicted octanol–water partition coefficient (Wildman–Crippen LogP) is 0.667. The van der Waals surface area contributed by atoms with Gasteiger partial charge in [-0.15, -0.1) is 0 Å². The molecule has 1 aliphatic heterocycles. The van der Waals surface area contributed by atoms with Crippen molar-refractivity contribution in [2.75, 3.05) is 5.75 Å². The number of imide groups is 1. The summed E-state index contributed by atoms with van der Waals surface area (Å²) in [6.45, 7) is 3.39. The highest BCUT2D eigenvalue weighted by atomic mass is 32.2. The van der Waals surface area contributed by atoms with Crippen LogP contribution in [0.1, 0.15) is 18.1 Å². The Morgan fingerprint density at radius 3 is 2.37 bits per heavy atom. The molecule has 0 saturated carbocycles. The minimum absolute atomic E-state index is 0.123. The summed E-state index contributed by atoms with van der Waals surface area (Å²) in [6.07, 6.45) is 0. The number of rotatable bonds is 2. The van der Waals surface area contributed by atoms with Gasteiger partial charge < -0.3 is 0 Å². The SMILES string of the molecule is Cc1ccc(CN2C(=O)CS(=O)(=O)C(C)C2=O)cc1. The fourth-order valence-corrected chi connectivity index (χ4v) is 3.10. The van der Waals surface area contributed by atoms with Crippen LogP contribution in [-0.2, 0) is 26.0 Å². The molecule has 0 bridgehead atoms. The highest BCUT2D eigenvalue weighted by Crippen LogP contribution is 2.17. The van der Waals surface area contributed by atoms with Crippen molar-refractivity contribution in [2.24, 2.45) is 0 Å². The Hall–Kier alpha value is -1.69. The Bertz CT molecular complexity index is 619. The molecule has 1 heterocycles. The van der Waals surface area contributed by atoms with Crippen LogP contribution in [0.25, 0.3) is 0 Å². The van der Waals surface area contributed by atoms with E-state index in [-0.39, 0.29) is 6.54 Å². The third-order valence-corrected chi connectivity index (χ3v) is 5.17. The largest absolute Gasteiger partial charge is 0.276 e. The quantitative estimate of drug-likeness (QED) is 0.747. The minimum Gasteiger partial charge on any atom is -0.276 e. The lowest BCUT2D eigenvalue weighted by atomic mass is 10.1. The number of hydrogen-bond donors (Lipinski definition) is 0. The summed E-state index contributed by atoms with van der Waals surface area (Å²) in [5.41, 5.74) is 1.88. The number of benzene rings is 1. The number of carbonyl (C=O) groups excluding carboxylic acids is 2. The number of aryl methyl sites for hydroxylation is 1. The van der Waals surface area contributed by atoms with E-state index < -0.39 is 32.7 Å². The van der Waals surface area contributed by atoms with Crippen LogP contribution in [0, 0.1) is 6.92 Å². The molecule has 1 unspecified atom stereocenters. The molecule has 1 fully saturated rings. The third-order valence-electron chi connectivity index (χ3n) is 3.24. The molecular formula is C13H15NO4S. The van der Waals surface area contributed by atoms with Gasteiger partial charge >= 0.3 is 0 Å². The molecule has 1 aliphatic rings. The first-order chi connectivity index (χ1) is 8.81. The maximum atomic E-state index is 11.9. The van der Waals surface area contributed by atoms with Crippen LogP contribution in [0.3, 0.4) is 0 Å². The first-order valence-electron chi connectivity index (χ1n) is 5.92. The predicted molar refractivity (Wildman–Crippen MR) is 70.0 cm³/mol. The Morgan fingerprint density at radius 2 is 1.79 bits per heavy atom. The zero-order chi connectivity index (χ0) is 14.2. The summed E-state index contributed by atoms with van der Waals surface area (Å²) in [6, 6.07) is 7.41. The molecule has 1 aromatic carbocycles. The molecule has 1 saturated heterocycles. The van der Waals surface area contributed by atoms with E-state index >= 15 is 0 Å². The second kappa shape index (κ2) is 4.77. The molecule has 1 atom stereocenters. The zero-order valence-electron chi connectivity index (χ0n) is 10.8. The fourth-order valence-electron chi connectivity index (χ4n) is 1.91. The van der Waals surface area contributed by atoms with Crippen molar-refractivity contribution < 1.29 is 18.0 Å². The van der Waals surface area contributed by atoms with Gasteiger partial charge in [-0.25, -0.2) is 8.42 Å². The monoisotopic (exact) mass is 281 g/mol. The number of amides is 2. The molecule has 0 N–H and O–H groups in total. The Balaban J connectivity index is 2.23. The van der Waals surface area contributed by atoms with Gasteiger partial charge in [0.1, 0.15) is 11.0 Å². The van der Waals surface area contributed by atoms with Crippen molar-refractivity contribution in [1.29, 1.82) is 0 Å². The smallest absolute Gasteiger partial charge is 0.247 e. The molecule has 0 spiro atoms. The standard InChI is InChI=1S/C13H15NO4S/c1-9-3-5-11(6-4-9)7-14-12(15)8-19(17,18)10(2)13(14)16/h3-6,10H,7-8H2,1-2H3. The van der Waals surface area contributed by atoms with E-state index in [1.807, 2.05) is 31.2 Å². The van der Waals surface area contributed by atoms with Crippen molar-refractivity contribution >= 4 is 21.7 Å². The number of sulfone groups is 1. The summed E-state index contributed by atoms with van der Waals surface area (Å²) in [5.74, 6) is -1.88. The molecule has 102 valence electrons. The summed E-state index contributed by atoms with van der Waals surface area (Å²) in [5, 5.41) is -1.14. The van der Waals surface area contributed by atoms with Gasteiger partial charge in [-0.1, -0.05) is 29.8 Å². The minimum atomic E-state index is -3.63. The molecule has 6 heteroatoms. The highest BCUT2D eigenvalue weighted by Gasteiger charge is 2.42.